The van der Waals surface area contributed by atoms with Gasteiger partial charge in [-0.3, -0.25) is 4.79 Å². The van der Waals surface area contributed by atoms with Crippen molar-refractivity contribution < 1.29 is 17.9 Å². The molecule has 0 bridgehead atoms. The van der Waals surface area contributed by atoms with Crippen molar-refractivity contribution in [3.05, 3.63) is 23.8 Å². The number of amides is 1. The Bertz CT molecular complexity index is 597. The van der Waals surface area contributed by atoms with E-state index in [9.17, 15) is 13.2 Å². The maximum atomic E-state index is 12.0. The van der Waals surface area contributed by atoms with Crippen LogP contribution in [-0.2, 0) is 10.0 Å². The standard InChI is InChI=1S/C14H22N2O4S/c1-10(2)5-4-8-16-14(17)11-6-7-12(20-3)13(9-11)21(15,18)19/h6-7,9-10H,4-5,8H2,1-3H3,(H,16,17)(H2,15,18,19). The topological polar surface area (TPSA) is 98.5 Å². The van der Waals surface area contributed by atoms with Gasteiger partial charge in [-0.1, -0.05) is 13.8 Å². The minimum Gasteiger partial charge on any atom is -0.495 e. The summed E-state index contributed by atoms with van der Waals surface area (Å²) in [6.07, 6.45) is 1.90. The van der Waals surface area contributed by atoms with E-state index < -0.39 is 10.0 Å². The Labute approximate surface area is 125 Å². The van der Waals surface area contributed by atoms with Crippen LogP contribution in [0.2, 0.25) is 0 Å². The highest BCUT2D eigenvalue weighted by molar-refractivity contribution is 7.89. The second kappa shape index (κ2) is 7.42. The van der Waals surface area contributed by atoms with E-state index in [1.807, 2.05) is 0 Å². The number of methoxy groups -OCH3 is 1. The normalized spacial score (nSPS) is 11.5. The third-order valence-corrected chi connectivity index (χ3v) is 3.91. The van der Waals surface area contributed by atoms with Crippen LogP contribution >= 0.6 is 0 Å². The first-order valence-corrected chi connectivity index (χ1v) is 8.29. The Morgan fingerprint density at radius 2 is 2.05 bits per heavy atom. The number of nitrogens with one attached hydrogen (secondary N) is 1. The zero-order valence-electron chi connectivity index (χ0n) is 12.5. The van der Waals surface area contributed by atoms with E-state index in [0.29, 0.717) is 12.5 Å². The lowest BCUT2D eigenvalue weighted by molar-refractivity contribution is 0.0952. The predicted octanol–water partition coefficient (Wildman–Crippen LogP) is 1.51. The molecule has 0 radical (unpaired) electrons. The summed E-state index contributed by atoms with van der Waals surface area (Å²) in [5, 5.41) is 7.87. The molecule has 0 aromatic heterocycles. The molecule has 118 valence electrons. The van der Waals surface area contributed by atoms with E-state index in [1.165, 1.54) is 25.3 Å². The molecular weight excluding hydrogens is 292 g/mol. The first-order valence-electron chi connectivity index (χ1n) is 6.74. The number of nitrogens with two attached hydrogens (primary N) is 1. The van der Waals surface area contributed by atoms with Gasteiger partial charge in [-0.2, -0.15) is 0 Å². The molecule has 21 heavy (non-hydrogen) atoms. The number of rotatable bonds is 7. The molecule has 6 nitrogen and oxygen atoms in total. The molecule has 7 heteroatoms. The first kappa shape index (κ1) is 17.5. The van der Waals surface area contributed by atoms with Crippen LogP contribution in [0.1, 0.15) is 37.0 Å². The smallest absolute Gasteiger partial charge is 0.251 e. The van der Waals surface area contributed by atoms with Crippen LogP contribution in [0.15, 0.2) is 23.1 Å². The summed E-state index contributed by atoms with van der Waals surface area (Å²) in [6, 6.07) is 4.15. The lowest BCUT2D eigenvalue weighted by Crippen LogP contribution is -2.25. The van der Waals surface area contributed by atoms with Gasteiger partial charge in [0.25, 0.3) is 5.91 Å². The molecule has 0 saturated heterocycles. The summed E-state index contributed by atoms with van der Waals surface area (Å²) >= 11 is 0. The fourth-order valence-electron chi connectivity index (χ4n) is 1.85. The van der Waals surface area contributed by atoms with Gasteiger partial charge in [0, 0.05) is 12.1 Å². The molecule has 1 rings (SSSR count). The van der Waals surface area contributed by atoms with Crippen LogP contribution in [0.4, 0.5) is 0 Å². The maximum Gasteiger partial charge on any atom is 0.251 e. The molecule has 1 aromatic rings. The van der Waals surface area contributed by atoms with Crippen LogP contribution in [-0.4, -0.2) is 28.0 Å². The SMILES string of the molecule is COc1ccc(C(=O)NCCCC(C)C)cc1S(N)(=O)=O. The van der Waals surface area contributed by atoms with Gasteiger partial charge in [0.1, 0.15) is 10.6 Å². The molecule has 0 fully saturated rings. The van der Waals surface area contributed by atoms with Crippen molar-refractivity contribution in [2.24, 2.45) is 11.1 Å². The van der Waals surface area contributed by atoms with Gasteiger partial charge in [-0.15, -0.1) is 0 Å². The van der Waals surface area contributed by atoms with Gasteiger partial charge in [0.05, 0.1) is 7.11 Å². The minimum absolute atomic E-state index is 0.119. The van der Waals surface area contributed by atoms with Crippen molar-refractivity contribution in [3.63, 3.8) is 0 Å². The Balaban J connectivity index is 2.82. The maximum absolute atomic E-state index is 12.0. The zero-order chi connectivity index (χ0) is 16.0. The number of sulfonamides is 1. The number of hydrogen-bond donors (Lipinski definition) is 2. The van der Waals surface area contributed by atoms with Crippen LogP contribution in [0.25, 0.3) is 0 Å². The molecule has 0 aliphatic carbocycles. The zero-order valence-corrected chi connectivity index (χ0v) is 13.4. The Kier molecular flexibility index (Phi) is 6.17. The van der Waals surface area contributed by atoms with Crippen molar-refractivity contribution in [1.82, 2.24) is 5.32 Å². The molecular formula is C14H22N2O4S. The van der Waals surface area contributed by atoms with Crippen molar-refractivity contribution in [3.8, 4) is 5.75 Å². The van der Waals surface area contributed by atoms with E-state index in [-0.39, 0.29) is 22.1 Å². The molecule has 1 amide bonds. The number of primary sulfonamides is 1. The third-order valence-electron chi connectivity index (χ3n) is 2.98. The monoisotopic (exact) mass is 314 g/mol. The number of benzene rings is 1. The van der Waals surface area contributed by atoms with E-state index in [0.717, 1.165) is 12.8 Å². The highest BCUT2D eigenvalue weighted by atomic mass is 32.2. The van der Waals surface area contributed by atoms with Gasteiger partial charge in [-0.25, -0.2) is 13.6 Å². The van der Waals surface area contributed by atoms with Gasteiger partial charge >= 0.3 is 0 Å². The van der Waals surface area contributed by atoms with Crippen LogP contribution in [0, 0.1) is 5.92 Å². The van der Waals surface area contributed by atoms with E-state index in [4.69, 9.17) is 9.88 Å². The van der Waals surface area contributed by atoms with Crippen molar-refractivity contribution in [2.45, 2.75) is 31.6 Å². The van der Waals surface area contributed by atoms with E-state index in [1.54, 1.807) is 0 Å². The fraction of sp³-hybridized carbons (Fsp3) is 0.500. The lowest BCUT2D eigenvalue weighted by Gasteiger charge is -2.10. The largest absolute Gasteiger partial charge is 0.495 e. The molecule has 0 heterocycles. The molecule has 0 atom stereocenters. The van der Waals surface area contributed by atoms with Gasteiger partial charge in [-0.05, 0) is 37.0 Å². The molecule has 0 unspecified atom stereocenters. The van der Waals surface area contributed by atoms with Crippen molar-refractivity contribution >= 4 is 15.9 Å². The van der Waals surface area contributed by atoms with Gasteiger partial charge in [0.2, 0.25) is 10.0 Å². The minimum atomic E-state index is -3.94. The summed E-state index contributed by atoms with van der Waals surface area (Å²) in [6.45, 7) is 4.78. The number of ether oxygens (including phenoxy) is 1. The average molecular weight is 314 g/mol. The van der Waals surface area contributed by atoms with Crippen molar-refractivity contribution in [2.75, 3.05) is 13.7 Å². The second-order valence-corrected chi connectivity index (χ2v) is 6.73. The Hall–Kier alpha value is -1.60. The summed E-state index contributed by atoms with van der Waals surface area (Å²) in [5.74, 6) is 0.372. The van der Waals surface area contributed by atoms with Gasteiger partial charge < -0.3 is 10.1 Å². The van der Waals surface area contributed by atoms with E-state index in [2.05, 4.69) is 19.2 Å². The molecule has 1 aromatic carbocycles. The Morgan fingerprint density at radius 3 is 2.57 bits per heavy atom. The molecule has 0 aliphatic heterocycles. The molecule has 3 N–H and O–H groups in total. The fourth-order valence-corrected chi connectivity index (χ4v) is 2.58. The van der Waals surface area contributed by atoms with Crippen molar-refractivity contribution in [1.29, 1.82) is 0 Å². The third kappa shape index (κ3) is 5.35. The predicted molar refractivity (Wildman–Crippen MR) is 80.8 cm³/mol. The van der Waals surface area contributed by atoms with Crippen LogP contribution < -0.4 is 15.2 Å². The summed E-state index contributed by atoms with van der Waals surface area (Å²) in [4.78, 5) is 11.8. The quantitative estimate of drug-likeness (QED) is 0.745. The second-order valence-electron chi connectivity index (χ2n) is 5.20. The summed E-state index contributed by atoms with van der Waals surface area (Å²) in [5.41, 5.74) is 0.240. The number of hydrogen-bond acceptors (Lipinski definition) is 4. The summed E-state index contributed by atoms with van der Waals surface area (Å²) < 4.78 is 27.9. The highest BCUT2D eigenvalue weighted by Gasteiger charge is 2.17. The Morgan fingerprint density at radius 1 is 1.38 bits per heavy atom. The summed E-state index contributed by atoms with van der Waals surface area (Å²) in [7, 11) is -2.60. The highest BCUT2D eigenvalue weighted by Crippen LogP contribution is 2.23. The van der Waals surface area contributed by atoms with Gasteiger partial charge in [0.15, 0.2) is 0 Å². The molecule has 0 spiro atoms. The van der Waals surface area contributed by atoms with Crippen LogP contribution in [0.3, 0.4) is 0 Å². The van der Waals surface area contributed by atoms with E-state index >= 15 is 0 Å². The average Bonchev–Trinajstić information content (AvgIpc) is 2.41. The lowest BCUT2D eigenvalue weighted by atomic mass is 10.1. The van der Waals surface area contributed by atoms with Crippen LogP contribution in [0.5, 0.6) is 5.75 Å². The molecule has 0 aliphatic rings. The number of carbonyl (C=O) groups is 1. The number of carbonyl (C=O) groups excluding carboxylic acids is 1. The first-order chi connectivity index (χ1) is 9.75. The molecule has 0 saturated carbocycles.